The first-order chi connectivity index (χ1) is 9.56. The molecule has 0 bridgehead atoms. The molecule has 1 nitrogen and oxygen atoms in total. The van der Waals surface area contributed by atoms with Crippen LogP contribution in [0.2, 0.25) is 39.3 Å². The Morgan fingerprint density at radius 2 is 1.76 bits per heavy atom. The van der Waals surface area contributed by atoms with Crippen LogP contribution in [0, 0.1) is 6.92 Å². The van der Waals surface area contributed by atoms with Gasteiger partial charge >= 0.3 is 0 Å². The van der Waals surface area contributed by atoms with Gasteiger partial charge in [-0.25, -0.2) is 4.98 Å². The van der Waals surface area contributed by atoms with Gasteiger partial charge in [0.1, 0.15) is 0 Å². The van der Waals surface area contributed by atoms with Crippen LogP contribution in [0.4, 0.5) is 0 Å². The predicted molar refractivity (Wildman–Crippen MR) is 103 cm³/mol. The second kappa shape index (κ2) is 5.97. The second-order valence-electron chi connectivity index (χ2n) is 8.25. The maximum atomic E-state index is 4.72. The predicted octanol–water partition coefficient (Wildman–Crippen LogP) is 5.85. The van der Waals surface area contributed by atoms with E-state index in [9.17, 15) is 0 Å². The van der Waals surface area contributed by atoms with Crippen LogP contribution in [0.15, 0.2) is 17.0 Å². The highest BCUT2D eigenvalue weighted by atomic mass is 32.1. The molecule has 1 aliphatic carbocycles. The normalized spacial score (nSPS) is 19.0. The molecule has 116 valence electrons. The van der Waals surface area contributed by atoms with E-state index in [4.69, 9.17) is 4.98 Å². The molecule has 0 atom stereocenters. The van der Waals surface area contributed by atoms with Gasteiger partial charge in [-0.05, 0) is 31.8 Å². The largest absolute Gasteiger partial charge is 0.246 e. The SMILES string of the molecule is Cc1nc2c(s1)/C(=C/C(=C/[Si](C)(C)C)[Si](C)(C)C)CCC2. The average molecular weight is 336 g/mol. The minimum Gasteiger partial charge on any atom is -0.246 e. The Morgan fingerprint density at radius 3 is 2.33 bits per heavy atom. The van der Waals surface area contributed by atoms with E-state index in [2.05, 4.69) is 58.0 Å². The number of rotatable bonds is 3. The van der Waals surface area contributed by atoms with Crippen molar-refractivity contribution in [2.75, 3.05) is 0 Å². The van der Waals surface area contributed by atoms with Crippen molar-refractivity contribution < 1.29 is 0 Å². The Balaban J connectivity index is 2.47. The zero-order valence-corrected chi connectivity index (χ0v) is 17.4. The molecule has 1 aliphatic rings. The third-order valence-electron chi connectivity index (χ3n) is 3.74. The lowest BCUT2D eigenvalue weighted by Gasteiger charge is -2.24. The van der Waals surface area contributed by atoms with Gasteiger partial charge in [0.05, 0.1) is 31.7 Å². The van der Waals surface area contributed by atoms with Crippen molar-refractivity contribution in [2.45, 2.75) is 65.5 Å². The van der Waals surface area contributed by atoms with Crippen LogP contribution in [0.3, 0.4) is 0 Å². The molecule has 21 heavy (non-hydrogen) atoms. The van der Waals surface area contributed by atoms with Gasteiger partial charge in [-0.15, -0.1) is 11.3 Å². The van der Waals surface area contributed by atoms with E-state index in [1.54, 1.807) is 10.8 Å². The number of fused-ring (bicyclic) bond motifs is 1. The summed E-state index contributed by atoms with van der Waals surface area (Å²) < 4.78 is 0. The fourth-order valence-electron chi connectivity index (χ4n) is 2.72. The Morgan fingerprint density at radius 1 is 1.10 bits per heavy atom. The Bertz CT molecular complexity index is 583. The van der Waals surface area contributed by atoms with E-state index in [1.165, 1.54) is 28.4 Å². The van der Waals surface area contributed by atoms with Gasteiger partial charge in [-0.2, -0.15) is 0 Å². The maximum Gasteiger partial charge on any atom is 0.0903 e. The van der Waals surface area contributed by atoms with E-state index in [0.717, 1.165) is 6.42 Å². The Kier molecular flexibility index (Phi) is 4.81. The molecule has 1 aromatic rings. The summed E-state index contributed by atoms with van der Waals surface area (Å²) in [6, 6.07) is 0. The molecule has 0 aliphatic heterocycles. The summed E-state index contributed by atoms with van der Waals surface area (Å²) >= 11 is 1.89. The zero-order chi connectivity index (χ0) is 15.8. The van der Waals surface area contributed by atoms with Gasteiger partial charge in [-0.1, -0.05) is 56.3 Å². The molecule has 1 aromatic heterocycles. The van der Waals surface area contributed by atoms with Crippen molar-refractivity contribution in [2.24, 2.45) is 0 Å². The zero-order valence-electron chi connectivity index (χ0n) is 14.6. The molecule has 2 rings (SSSR count). The monoisotopic (exact) mass is 335 g/mol. The number of hydrogen-bond donors (Lipinski definition) is 0. The van der Waals surface area contributed by atoms with Crippen LogP contribution >= 0.6 is 11.3 Å². The quantitative estimate of drug-likeness (QED) is 0.631. The number of allylic oxidation sites excluding steroid dienone is 3. The molecule has 1 heterocycles. The van der Waals surface area contributed by atoms with Crippen LogP contribution in [0.1, 0.15) is 28.4 Å². The van der Waals surface area contributed by atoms with Crippen LogP contribution in [0.25, 0.3) is 5.57 Å². The van der Waals surface area contributed by atoms with Crippen LogP contribution in [-0.4, -0.2) is 21.1 Å². The van der Waals surface area contributed by atoms with Crippen molar-refractivity contribution >= 4 is 33.1 Å². The molecule has 0 saturated heterocycles. The first-order valence-electron chi connectivity index (χ1n) is 7.97. The summed E-state index contributed by atoms with van der Waals surface area (Å²) in [5.41, 5.74) is 5.53. The highest BCUT2D eigenvalue weighted by Gasteiger charge is 2.24. The lowest BCUT2D eigenvalue weighted by molar-refractivity contribution is 0.803. The Hall–Kier alpha value is -0.456. The van der Waals surface area contributed by atoms with Gasteiger partial charge < -0.3 is 0 Å². The summed E-state index contributed by atoms with van der Waals surface area (Å²) in [6.07, 6.45) is 6.19. The molecule has 0 amide bonds. The van der Waals surface area contributed by atoms with Gasteiger partial charge in [0.15, 0.2) is 0 Å². The highest BCUT2D eigenvalue weighted by molar-refractivity contribution is 7.12. The lowest BCUT2D eigenvalue weighted by Crippen LogP contribution is -2.28. The first-order valence-corrected chi connectivity index (χ1v) is 15.9. The highest BCUT2D eigenvalue weighted by Crippen LogP contribution is 2.36. The van der Waals surface area contributed by atoms with Crippen molar-refractivity contribution in [3.63, 3.8) is 0 Å². The van der Waals surface area contributed by atoms with Gasteiger partial charge in [0.2, 0.25) is 0 Å². The van der Waals surface area contributed by atoms with Gasteiger partial charge in [0, 0.05) is 0 Å². The molecule has 0 fully saturated rings. The van der Waals surface area contributed by atoms with Gasteiger partial charge in [-0.3, -0.25) is 0 Å². The number of hydrogen-bond acceptors (Lipinski definition) is 2. The summed E-state index contributed by atoms with van der Waals surface area (Å²) in [4.78, 5) is 6.19. The summed E-state index contributed by atoms with van der Waals surface area (Å²) in [5.74, 6) is 0. The van der Waals surface area contributed by atoms with E-state index in [1.807, 2.05) is 11.3 Å². The topological polar surface area (TPSA) is 12.9 Å². The minimum atomic E-state index is -1.29. The number of aromatic nitrogens is 1. The molecule has 0 radical (unpaired) electrons. The third kappa shape index (κ3) is 4.50. The number of aryl methyl sites for hydroxylation is 2. The molecule has 0 aromatic carbocycles. The summed E-state index contributed by atoms with van der Waals surface area (Å²) in [7, 11) is -2.48. The molecule has 0 unspecified atom stereocenters. The second-order valence-corrected chi connectivity index (χ2v) is 19.5. The van der Waals surface area contributed by atoms with Gasteiger partial charge in [0.25, 0.3) is 0 Å². The summed E-state index contributed by atoms with van der Waals surface area (Å²) in [5, 5.41) is 2.87. The van der Waals surface area contributed by atoms with E-state index < -0.39 is 16.1 Å². The van der Waals surface area contributed by atoms with E-state index in [0.29, 0.717) is 0 Å². The molecular weight excluding hydrogens is 306 g/mol. The average Bonchev–Trinajstić information content (AvgIpc) is 2.66. The lowest BCUT2D eigenvalue weighted by atomic mass is 9.97. The van der Waals surface area contributed by atoms with E-state index >= 15 is 0 Å². The molecule has 4 heteroatoms. The number of nitrogens with zero attached hydrogens (tertiary/aromatic N) is 1. The fourth-order valence-corrected chi connectivity index (χ4v) is 8.38. The first kappa shape index (κ1) is 16.9. The van der Waals surface area contributed by atoms with Crippen molar-refractivity contribution in [3.8, 4) is 0 Å². The molecule has 0 saturated carbocycles. The van der Waals surface area contributed by atoms with Crippen molar-refractivity contribution in [3.05, 3.63) is 32.6 Å². The molecular formula is C17H29NSSi2. The van der Waals surface area contributed by atoms with Crippen molar-refractivity contribution in [1.29, 1.82) is 0 Å². The van der Waals surface area contributed by atoms with Crippen LogP contribution < -0.4 is 0 Å². The smallest absolute Gasteiger partial charge is 0.0903 e. The van der Waals surface area contributed by atoms with E-state index in [-0.39, 0.29) is 0 Å². The Labute approximate surface area is 136 Å². The van der Waals surface area contributed by atoms with Crippen LogP contribution in [-0.2, 0) is 6.42 Å². The number of thiazole rings is 1. The van der Waals surface area contributed by atoms with Crippen LogP contribution in [0.5, 0.6) is 0 Å². The third-order valence-corrected chi connectivity index (χ3v) is 8.31. The standard InChI is InChI=1S/C17H29NSSi2/c1-13-18-16-10-8-9-14(17(16)19-13)11-15(21(5,6)7)12-20(2,3)4/h11-12H,8-10H2,1-7H3/b14-11+,15-12-. The fraction of sp³-hybridized carbons (Fsp3) is 0.588. The molecule has 0 spiro atoms. The molecule has 0 N–H and O–H groups in total. The summed E-state index contributed by atoms with van der Waals surface area (Å²) in [6.45, 7) is 16.9. The maximum absolute atomic E-state index is 4.72. The van der Waals surface area contributed by atoms with Crippen molar-refractivity contribution in [1.82, 2.24) is 4.98 Å². The minimum absolute atomic E-state index is 1.16.